The molecule has 4 rings (SSSR count). The van der Waals surface area contributed by atoms with E-state index in [9.17, 15) is 4.39 Å². The molecule has 160 valence electrons. The van der Waals surface area contributed by atoms with Gasteiger partial charge in [0.2, 0.25) is 0 Å². The number of benzene rings is 2. The van der Waals surface area contributed by atoms with Gasteiger partial charge in [-0.15, -0.1) is 0 Å². The van der Waals surface area contributed by atoms with Crippen LogP contribution in [-0.2, 0) is 12.8 Å². The topological polar surface area (TPSA) is 9.23 Å². The summed E-state index contributed by atoms with van der Waals surface area (Å²) in [5.41, 5.74) is 6.33. The van der Waals surface area contributed by atoms with Gasteiger partial charge < -0.3 is 4.74 Å². The fraction of sp³-hybridized carbons (Fsp3) is 0.500. The predicted octanol–water partition coefficient (Wildman–Crippen LogP) is 7.87. The Bertz CT molecular complexity index is 872. The van der Waals surface area contributed by atoms with Crippen LogP contribution in [-0.4, -0.2) is 7.11 Å². The first kappa shape index (κ1) is 21.2. The lowest BCUT2D eigenvalue weighted by atomic mass is 9.76. The molecule has 0 unspecified atom stereocenters. The fourth-order valence-electron chi connectivity index (χ4n) is 5.31. The van der Waals surface area contributed by atoms with Gasteiger partial charge >= 0.3 is 0 Å². The third kappa shape index (κ3) is 4.79. The Balaban J connectivity index is 1.37. The minimum Gasteiger partial charge on any atom is -0.494 e. The Morgan fingerprint density at radius 1 is 0.967 bits per heavy atom. The van der Waals surface area contributed by atoms with Crippen LogP contribution in [0.25, 0.3) is 5.57 Å². The van der Waals surface area contributed by atoms with Gasteiger partial charge in [-0.3, -0.25) is 0 Å². The van der Waals surface area contributed by atoms with Gasteiger partial charge in [-0.25, -0.2) is 4.39 Å². The number of methoxy groups -OCH3 is 1. The summed E-state index contributed by atoms with van der Waals surface area (Å²) in [6, 6.07) is 12.7. The molecule has 2 heteroatoms. The first-order valence-corrected chi connectivity index (χ1v) is 11.8. The number of hydrogen-bond acceptors (Lipinski definition) is 1. The van der Waals surface area contributed by atoms with E-state index in [1.807, 2.05) is 6.07 Å². The molecular weight excluding hydrogens is 371 g/mol. The molecule has 1 fully saturated rings. The lowest BCUT2D eigenvalue weighted by molar-refractivity contribution is 0.303. The first-order chi connectivity index (χ1) is 14.7. The van der Waals surface area contributed by atoms with E-state index < -0.39 is 0 Å². The minimum absolute atomic E-state index is 0.266. The zero-order valence-electron chi connectivity index (χ0n) is 18.6. The summed E-state index contributed by atoms with van der Waals surface area (Å²) in [4.78, 5) is 0. The number of fused-ring (bicyclic) bond motifs is 1. The van der Waals surface area contributed by atoms with E-state index in [0.29, 0.717) is 5.75 Å². The van der Waals surface area contributed by atoms with E-state index >= 15 is 0 Å². The van der Waals surface area contributed by atoms with E-state index in [-0.39, 0.29) is 5.82 Å². The Morgan fingerprint density at radius 3 is 2.43 bits per heavy atom. The highest BCUT2D eigenvalue weighted by Crippen LogP contribution is 2.38. The predicted molar refractivity (Wildman–Crippen MR) is 124 cm³/mol. The second kappa shape index (κ2) is 9.81. The van der Waals surface area contributed by atoms with Crippen LogP contribution in [0.15, 0.2) is 42.5 Å². The molecule has 2 aromatic carbocycles. The largest absolute Gasteiger partial charge is 0.494 e. The number of unbranched alkanes of at least 4 members (excludes halogenated alkanes) is 2. The third-order valence-corrected chi connectivity index (χ3v) is 7.24. The van der Waals surface area contributed by atoms with Crippen LogP contribution >= 0.6 is 0 Å². The molecule has 0 N–H and O–H groups in total. The lowest BCUT2D eigenvalue weighted by Crippen LogP contribution is -2.13. The minimum atomic E-state index is -0.266. The van der Waals surface area contributed by atoms with Crippen LogP contribution in [0.4, 0.5) is 4.39 Å². The molecule has 0 spiro atoms. The van der Waals surface area contributed by atoms with Crippen LogP contribution in [0.2, 0.25) is 0 Å². The second-order valence-electron chi connectivity index (χ2n) is 9.20. The number of hydrogen-bond donors (Lipinski definition) is 0. The Hall–Kier alpha value is -2.09. The number of allylic oxidation sites excluding steroid dienone is 2. The Labute approximate surface area is 181 Å². The maximum Gasteiger partial charge on any atom is 0.165 e. The SMILES string of the molecule is CCCCCC1CCC(c2ccc(C3=CCc4cc(OC)c(F)cc4C3)cc2)CC1. The van der Waals surface area contributed by atoms with Crippen LogP contribution in [0.3, 0.4) is 0 Å². The van der Waals surface area contributed by atoms with Gasteiger partial charge in [-0.05, 0) is 90.3 Å². The van der Waals surface area contributed by atoms with Gasteiger partial charge in [-0.1, -0.05) is 62.9 Å². The number of halogens is 1. The molecule has 2 aliphatic carbocycles. The number of rotatable bonds is 7. The highest BCUT2D eigenvalue weighted by Gasteiger charge is 2.22. The zero-order valence-corrected chi connectivity index (χ0v) is 18.6. The lowest BCUT2D eigenvalue weighted by Gasteiger charge is -2.29. The standard InChI is InChI=1S/C28H35FO/c1-3-4-5-6-20-7-9-21(10-8-20)22-11-13-23(14-12-22)24-15-16-25-19-28(30-2)27(29)18-26(25)17-24/h11-15,18-21H,3-10,16-17H2,1-2H3. The van der Waals surface area contributed by atoms with E-state index in [1.54, 1.807) is 6.07 Å². The van der Waals surface area contributed by atoms with Crippen molar-refractivity contribution in [1.82, 2.24) is 0 Å². The van der Waals surface area contributed by atoms with Gasteiger partial charge in [0, 0.05) is 0 Å². The maximum absolute atomic E-state index is 14.1. The van der Waals surface area contributed by atoms with Gasteiger partial charge in [0.25, 0.3) is 0 Å². The molecular formula is C28H35FO. The van der Waals surface area contributed by atoms with Crippen molar-refractivity contribution in [3.8, 4) is 5.75 Å². The Kier molecular flexibility index (Phi) is 6.92. The molecule has 0 radical (unpaired) electrons. The van der Waals surface area contributed by atoms with Crippen LogP contribution in [0, 0.1) is 11.7 Å². The molecule has 30 heavy (non-hydrogen) atoms. The summed E-state index contributed by atoms with van der Waals surface area (Å²) in [5, 5.41) is 0. The molecule has 0 bridgehead atoms. The van der Waals surface area contributed by atoms with Crippen LogP contribution < -0.4 is 4.74 Å². The maximum atomic E-state index is 14.1. The third-order valence-electron chi connectivity index (χ3n) is 7.24. The van der Waals surface area contributed by atoms with E-state index in [0.717, 1.165) is 30.2 Å². The average molecular weight is 407 g/mol. The summed E-state index contributed by atoms with van der Waals surface area (Å²) in [5.74, 6) is 1.76. The summed E-state index contributed by atoms with van der Waals surface area (Å²) >= 11 is 0. The molecule has 0 aromatic heterocycles. The van der Waals surface area contributed by atoms with Crippen LogP contribution in [0.5, 0.6) is 5.75 Å². The van der Waals surface area contributed by atoms with Gasteiger partial charge in [0.15, 0.2) is 11.6 Å². The van der Waals surface area contributed by atoms with E-state index in [1.165, 1.54) is 80.7 Å². The normalized spacial score (nSPS) is 21.1. The van der Waals surface area contributed by atoms with Gasteiger partial charge in [0.05, 0.1) is 7.11 Å². The summed E-state index contributed by atoms with van der Waals surface area (Å²) in [6.07, 6.45) is 15.0. The monoisotopic (exact) mass is 406 g/mol. The summed E-state index contributed by atoms with van der Waals surface area (Å²) in [7, 11) is 1.52. The fourth-order valence-corrected chi connectivity index (χ4v) is 5.31. The van der Waals surface area contributed by atoms with Crippen molar-refractivity contribution < 1.29 is 9.13 Å². The van der Waals surface area contributed by atoms with Gasteiger partial charge in [-0.2, -0.15) is 0 Å². The highest BCUT2D eigenvalue weighted by molar-refractivity contribution is 5.71. The number of ether oxygens (including phenoxy) is 1. The summed E-state index contributed by atoms with van der Waals surface area (Å²) in [6.45, 7) is 2.29. The molecule has 0 atom stereocenters. The smallest absolute Gasteiger partial charge is 0.165 e. The zero-order chi connectivity index (χ0) is 20.9. The van der Waals surface area contributed by atoms with Crippen molar-refractivity contribution in [3.63, 3.8) is 0 Å². The second-order valence-corrected chi connectivity index (χ2v) is 9.20. The molecule has 0 saturated heterocycles. The van der Waals surface area contributed by atoms with E-state index in [2.05, 4.69) is 37.3 Å². The molecule has 0 heterocycles. The summed E-state index contributed by atoms with van der Waals surface area (Å²) < 4.78 is 19.3. The van der Waals surface area contributed by atoms with Crippen LogP contribution in [0.1, 0.15) is 86.5 Å². The molecule has 2 aliphatic rings. The average Bonchev–Trinajstić information content (AvgIpc) is 2.79. The van der Waals surface area contributed by atoms with Crippen molar-refractivity contribution in [2.75, 3.05) is 7.11 Å². The van der Waals surface area contributed by atoms with E-state index in [4.69, 9.17) is 4.74 Å². The van der Waals surface area contributed by atoms with Crippen molar-refractivity contribution in [1.29, 1.82) is 0 Å². The molecule has 0 aliphatic heterocycles. The molecule has 2 aromatic rings. The Morgan fingerprint density at radius 2 is 1.73 bits per heavy atom. The molecule has 1 nitrogen and oxygen atoms in total. The van der Waals surface area contributed by atoms with Crippen molar-refractivity contribution in [2.24, 2.45) is 5.92 Å². The first-order valence-electron chi connectivity index (χ1n) is 11.8. The van der Waals surface area contributed by atoms with Crippen molar-refractivity contribution in [2.45, 2.75) is 77.0 Å². The molecule has 0 amide bonds. The van der Waals surface area contributed by atoms with Crippen molar-refractivity contribution >= 4 is 5.57 Å². The quantitative estimate of drug-likeness (QED) is 0.425. The van der Waals surface area contributed by atoms with Gasteiger partial charge in [0.1, 0.15) is 0 Å². The van der Waals surface area contributed by atoms with Crippen molar-refractivity contribution in [3.05, 3.63) is 70.5 Å². The highest BCUT2D eigenvalue weighted by atomic mass is 19.1. The molecule has 1 saturated carbocycles.